The molecule has 6 nitrogen and oxygen atoms in total. The summed E-state index contributed by atoms with van der Waals surface area (Å²) in [4.78, 5) is 20.4. The van der Waals surface area contributed by atoms with Crippen molar-refractivity contribution < 1.29 is 9.53 Å². The van der Waals surface area contributed by atoms with E-state index in [4.69, 9.17) is 4.74 Å². The van der Waals surface area contributed by atoms with E-state index in [1.165, 1.54) is 12.4 Å². The largest absolute Gasteiger partial charge is 0.383 e. The van der Waals surface area contributed by atoms with Gasteiger partial charge in [0.05, 0.1) is 17.9 Å². The minimum Gasteiger partial charge on any atom is -0.383 e. The smallest absolute Gasteiger partial charge is 0.258 e. The first-order valence-electron chi connectivity index (χ1n) is 6.72. The number of carbonyl (C=O) groups excluding carboxylic acids is 1. The van der Waals surface area contributed by atoms with Gasteiger partial charge in [-0.25, -0.2) is 9.97 Å². The number of aromatic nitrogens is 2. The lowest BCUT2D eigenvalue weighted by Crippen LogP contribution is -2.15. The molecule has 2 N–H and O–H groups in total. The fourth-order valence-electron chi connectivity index (χ4n) is 1.72. The molecular formula is C15H17BrN4O2. The number of nitrogens with one attached hydrogen (secondary N) is 2. The van der Waals surface area contributed by atoms with Crippen molar-refractivity contribution in [2.45, 2.75) is 6.92 Å². The van der Waals surface area contributed by atoms with Gasteiger partial charge in [-0.1, -0.05) is 6.07 Å². The maximum Gasteiger partial charge on any atom is 0.258 e. The van der Waals surface area contributed by atoms with Crippen LogP contribution in [0, 0.1) is 6.92 Å². The van der Waals surface area contributed by atoms with Crippen molar-refractivity contribution in [3.63, 3.8) is 0 Å². The number of anilines is 2. The lowest BCUT2D eigenvalue weighted by molar-refractivity contribution is 0.102. The van der Waals surface area contributed by atoms with Gasteiger partial charge >= 0.3 is 0 Å². The quantitative estimate of drug-likeness (QED) is 0.770. The molecule has 7 heteroatoms. The summed E-state index contributed by atoms with van der Waals surface area (Å²) < 4.78 is 5.76. The molecule has 0 aliphatic carbocycles. The molecule has 2 aromatic rings. The molecule has 1 aromatic heterocycles. The topological polar surface area (TPSA) is 76.1 Å². The number of hydrogen-bond acceptors (Lipinski definition) is 5. The molecule has 0 saturated heterocycles. The van der Waals surface area contributed by atoms with E-state index in [0.29, 0.717) is 30.4 Å². The van der Waals surface area contributed by atoms with E-state index in [1.807, 2.05) is 25.1 Å². The van der Waals surface area contributed by atoms with Crippen molar-refractivity contribution in [1.82, 2.24) is 9.97 Å². The second-order valence-corrected chi connectivity index (χ2v) is 5.51. The second kappa shape index (κ2) is 7.86. The van der Waals surface area contributed by atoms with Gasteiger partial charge in [0.1, 0.15) is 0 Å². The third-order valence-corrected chi connectivity index (χ3v) is 3.53. The van der Waals surface area contributed by atoms with Gasteiger partial charge in [0, 0.05) is 30.5 Å². The molecule has 0 aliphatic heterocycles. The summed E-state index contributed by atoms with van der Waals surface area (Å²) in [6.07, 6.45) is 2.97. The predicted molar refractivity (Wildman–Crippen MR) is 89.2 cm³/mol. The Kier molecular flexibility index (Phi) is 5.85. The number of amides is 1. The Balaban J connectivity index is 2.00. The highest BCUT2D eigenvalue weighted by molar-refractivity contribution is 9.10. The Hall–Kier alpha value is -1.99. The number of halogens is 1. The molecule has 22 heavy (non-hydrogen) atoms. The lowest BCUT2D eigenvalue weighted by Gasteiger charge is -2.08. The van der Waals surface area contributed by atoms with Crippen molar-refractivity contribution in [3.8, 4) is 0 Å². The van der Waals surface area contributed by atoms with Crippen LogP contribution < -0.4 is 10.6 Å². The summed E-state index contributed by atoms with van der Waals surface area (Å²) in [5.41, 5.74) is 2.21. The van der Waals surface area contributed by atoms with E-state index in [9.17, 15) is 4.79 Å². The summed E-state index contributed by atoms with van der Waals surface area (Å²) in [6, 6.07) is 5.72. The number of hydrogen-bond donors (Lipinski definition) is 2. The SMILES string of the molecule is COCCNc1ncc(C(=O)Nc2ccc(C)cc2Br)cn1. The zero-order valence-corrected chi connectivity index (χ0v) is 14.0. The van der Waals surface area contributed by atoms with Crippen LogP contribution in [0.1, 0.15) is 15.9 Å². The number of methoxy groups -OCH3 is 1. The van der Waals surface area contributed by atoms with Crippen LogP contribution in [0.5, 0.6) is 0 Å². The summed E-state index contributed by atoms with van der Waals surface area (Å²) in [6.45, 7) is 3.16. The number of benzene rings is 1. The number of ether oxygens (including phenoxy) is 1. The zero-order chi connectivity index (χ0) is 15.9. The van der Waals surface area contributed by atoms with E-state index >= 15 is 0 Å². The van der Waals surface area contributed by atoms with Gasteiger partial charge in [-0.15, -0.1) is 0 Å². The Morgan fingerprint density at radius 1 is 1.32 bits per heavy atom. The standard InChI is InChI=1S/C15H17BrN4O2/c1-10-3-4-13(12(16)7-10)20-14(21)11-8-18-15(19-9-11)17-5-6-22-2/h3-4,7-9H,5-6H2,1-2H3,(H,20,21)(H,17,18,19). The Labute approximate surface area is 137 Å². The van der Waals surface area contributed by atoms with Crippen molar-refractivity contribution in [3.05, 3.63) is 46.2 Å². The van der Waals surface area contributed by atoms with Crippen LogP contribution in [-0.2, 0) is 4.74 Å². The average Bonchev–Trinajstić information content (AvgIpc) is 2.51. The fourth-order valence-corrected chi connectivity index (χ4v) is 2.31. The van der Waals surface area contributed by atoms with E-state index in [2.05, 4.69) is 36.5 Å². The fraction of sp³-hybridized carbons (Fsp3) is 0.267. The third-order valence-electron chi connectivity index (χ3n) is 2.88. The van der Waals surface area contributed by atoms with E-state index in [0.717, 1.165) is 10.0 Å². The van der Waals surface area contributed by atoms with E-state index in [-0.39, 0.29) is 5.91 Å². The zero-order valence-electron chi connectivity index (χ0n) is 12.4. The van der Waals surface area contributed by atoms with Crippen molar-refractivity contribution >= 4 is 33.5 Å². The van der Waals surface area contributed by atoms with Gasteiger partial charge in [0.25, 0.3) is 5.91 Å². The highest BCUT2D eigenvalue weighted by Gasteiger charge is 2.09. The van der Waals surface area contributed by atoms with Crippen LogP contribution in [0.15, 0.2) is 35.1 Å². The molecule has 0 fully saturated rings. The number of carbonyl (C=O) groups is 1. The average molecular weight is 365 g/mol. The Morgan fingerprint density at radius 2 is 2.05 bits per heavy atom. The minimum atomic E-state index is -0.256. The van der Waals surface area contributed by atoms with Crippen molar-refractivity contribution in [1.29, 1.82) is 0 Å². The van der Waals surface area contributed by atoms with Crippen molar-refractivity contribution in [2.24, 2.45) is 0 Å². The first kappa shape index (κ1) is 16.4. The van der Waals surface area contributed by atoms with Gasteiger partial charge in [-0.3, -0.25) is 4.79 Å². The Morgan fingerprint density at radius 3 is 2.68 bits per heavy atom. The second-order valence-electron chi connectivity index (χ2n) is 4.65. The monoisotopic (exact) mass is 364 g/mol. The molecule has 0 spiro atoms. The van der Waals surface area contributed by atoms with Crippen LogP contribution in [0.2, 0.25) is 0 Å². The van der Waals surface area contributed by atoms with Crippen LogP contribution in [0.25, 0.3) is 0 Å². The Bertz CT molecular complexity index is 646. The number of aryl methyl sites for hydroxylation is 1. The summed E-state index contributed by atoms with van der Waals surface area (Å²) in [5, 5.41) is 5.81. The van der Waals surface area contributed by atoms with Crippen LogP contribution in [0.4, 0.5) is 11.6 Å². The van der Waals surface area contributed by atoms with Gasteiger partial charge in [-0.05, 0) is 40.5 Å². The normalized spacial score (nSPS) is 10.3. The highest BCUT2D eigenvalue weighted by Crippen LogP contribution is 2.23. The van der Waals surface area contributed by atoms with Gasteiger partial charge in [0.2, 0.25) is 5.95 Å². The van der Waals surface area contributed by atoms with Crippen LogP contribution in [0.3, 0.4) is 0 Å². The number of rotatable bonds is 6. The highest BCUT2D eigenvalue weighted by atomic mass is 79.9. The van der Waals surface area contributed by atoms with Gasteiger partial charge in [-0.2, -0.15) is 0 Å². The molecule has 0 bridgehead atoms. The predicted octanol–water partition coefficient (Wildman–Crippen LogP) is 2.86. The molecule has 1 heterocycles. The van der Waals surface area contributed by atoms with Gasteiger partial charge in [0.15, 0.2) is 0 Å². The first-order valence-corrected chi connectivity index (χ1v) is 7.52. The molecule has 0 aliphatic rings. The third kappa shape index (κ3) is 4.51. The molecule has 2 rings (SSSR count). The summed E-state index contributed by atoms with van der Waals surface area (Å²) in [5.74, 6) is 0.207. The van der Waals surface area contributed by atoms with Crippen LogP contribution >= 0.6 is 15.9 Å². The molecule has 1 amide bonds. The van der Waals surface area contributed by atoms with Gasteiger partial charge < -0.3 is 15.4 Å². The van der Waals surface area contributed by atoms with Crippen LogP contribution in [-0.4, -0.2) is 36.1 Å². The molecule has 0 saturated carbocycles. The lowest BCUT2D eigenvalue weighted by atomic mass is 10.2. The summed E-state index contributed by atoms with van der Waals surface area (Å²) in [7, 11) is 1.62. The molecular weight excluding hydrogens is 348 g/mol. The van der Waals surface area contributed by atoms with E-state index < -0.39 is 0 Å². The summed E-state index contributed by atoms with van der Waals surface area (Å²) >= 11 is 3.43. The van der Waals surface area contributed by atoms with Crippen molar-refractivity contribution in [2.75, 3.05) is 30.9 Å². The maximum atomic E-state index is 12.2. The maximum absolute atomic E-state index is 12.2. The molecule has 0 atom stereocenters. The van der Waals surface area contributed by atoms with E-state index in [1.54, 1.807) is 7.11 Å². The molecule has 1 aromatic carbocycles. The minimum absolute atomic E-state index is 0.256. The molecule has 0 unspecified atom stereocenters. The molecule has 116 valence electrons. The molecule has 0 radical (unpaired) electrons. The first-order chi connectivity index (χ1) is 10.6. The number of nitrogens with zero attached hydrogens (tertiary/aromatic N) is 2.